The van der Waals surface area contributed by atoms with Gasteiger partial charge in [0.05, 0.1) is 11.5 Å². The Balaban J connectivity index is 1.91. The van der Waals surface area contributed by atoms with E-state index in [0.29, 0.717) is 23.6 Å². The molecule has 0 saturated heterocycles. The van der Waals surface area contributed by atoms with Gasteiger partial charge >= 0.3 is 0 Å². The van der Waals surface area contributed by atoms with Gasteiger partial charge < -0.3 is 10.1 Å². The quantitative estimate of drug-likeness (QED) is 0.466. The molecule has 0 aliphatic carbocycles. The summed E-state index contributed by atoms with van der Waals surface area (Å²) in [7, 11) is 0. The Kier molecular flexibility index (Phi) is 6.41. The highest BCUT2D eigenvalue weighted by Crippen LogP contribution is 2.15. The molecule has 0 heterocycles. The number of ether oxygens (including phenoxy) is 1. The Morgan fingerprint density at radius 1 is 1.16 bits per heavy atom. The van der Waals surface area contributed by atoms with Crippen LogP contribution in [0.5, 0.6) is 5.75 Å². The number of hydrogen-bond acceptors (Lipinski definition) is 5. The zero-order valence-electron chi connectivity index (χ0n) is 13.5. The van der Waals surface area contributed by atoms with Gasteiger partial charge in [-0.15, -0.1) is 0 Å². The molecular weight excluding hydrogens is 342 g/mol. The zero-order chi connectivity index (χ0) is 18.2. The van der Waals surface area contributed by atoms with E-state index >= 15 is 0 Å². The van der Waals surface area contributed by atoms with E-state index in [-0.39, 0.29) is 16.7 Å². The smallest absolute Gasteiger partial charge is 0.269 e. The summed E-state index contributed by atoms with van der Waals surface area (Å²) in [5.74, 6) is 0.339. The second-order valence-corrected chi connectivity index (χ2v) is 5.49. The fourth-order valence-electron chi connectivity index (χ4n) is 1.93. The molecule has 0 aromatic heterocycles. The van der Waals surface area contributed by atoms with Crippen molar-refractivity contribution in [2.45, 2.75) is 13.3 Å². The predicted molar refractivity (Wildman–Crippen MR) is 99.0 cm³/mol. The zero-order valence-corrected chi connectivity index (χ0v) is 14.3. The number of rotatable bonds is 6. The summed E-state index contributed by atoms with van der Waals surface area (Å²) >= 11 is 5.08. The lowest BCUT2D eigenvalue weighted by molar-refractivity contribution is -0.384. The van der Waals surface area contributed by atoms with E-state index < -0.39 is 4.92 Å². The first-order valence-corrected chi connectivity index (χ1v) is 8.00. The molecule has 2 N–H and O–H groups in total. The van der Waals surface area contributed by atoms with E-state index in [1.165, 1.54) is 24.3 Å². The molecule has 8 heteroatoms. The largest absolute Gasteiger partial charge is 0.494 e. The lowest BCUT2D eigenvalue weighted by Crippen LogP contribution is -2.34. The van der Waals surface area contributed by atoms with Crippen molar-refractivity contribution in [3.63, 3.8) is 0 Å². The van der Waals surface area contributed by atoms with Crippen molar-refractivity contribution in [3.05, 3.63) is 64.2 Å². The fourth-order valence-corrected chi connectivity index (χ4v) is 2.14. The number of amides is 1. The lowest BCUT2D eigenvalue weighted by Gasteiger charge is -2.10. The molecule has 25 heavy (non-hydrogen) atoms. The van der Waals surface area contributed by atoms with Crippen LogP contribution in [-0.4, -0.2) is 22.5 Å². The van der Waals surface area contributed by atoms with Gasteiger partial charge in [0.15, 0.2) is 5.11 Å². The summed E-state index contributed by atoms with van der Waals surface area (Å²) in [6.45, 7) is 2.63. The first-order valence-electron chi connectivity index (χ1n) is 7.59. The van der Waals surface area contributed by atoms with Gasteiger partial charge in [0.2, 0.25) is 0 Å². The lowest BCUT2D eigenvalue weighted by atomic mass is 10.2. The monoisotopic (exact) mass is 359 g/mol. The Morgan fingerprint density at radius 3 is 2.36 bits per heavy atom. The minimum absolute atomic E-state index is 0.0223. The van der Waals surface area contributed by atoms with Crippen molar-refractivity contribution < 1.29 is 14.5 Å². The van der Waals surface area contributed by atoms with Gasteiger partial charge in [-0.1, -0.05) is 6.92 Å². The first-order chi connectivity index (χ1) is 12.0. The number of carbonyl (C=O) groups excluding carboxylic acids is 1. The average molecular weight is 359 g/mol. The number of nitro benzene ring substituents is 1. The minimum atomic E-state index is -0.488. The van der Waals surface area contributed by atoms with Gasteiger partial charge in [-0.05, 0) is 55.0 Å². The second kappa shape index (κ2) is 8.74. The number of nitrogens with zero attached hydrogens (tertiary/aromatic N) is 1. The van der Waals surface area contributed by atoms with Gasteiger partial charge in [0.25, 0.3) is 11.6 Å². The summed E-state index contributed by atoms with van der Waals surface area (Å²) in [6.07, 6.45) is 0.908. The highest BCUT2D eigenvalue weighted by atomic mass is 32.1. The molecule has 0 bridgehead atoms. The molecule has 0 spiro atoms. The van der Waals surface area contributed by atoms with E-state index in [0.717, 1.165) is 6.42 Å². The summed E-state index contributed by atoms with van der Waals surface area (Å²) in [5.41, 5.74) is 0.960. The molecule has 0 aliphatic rings. The van der Waals surface area contributed by atoms with Crippen molar-refractivity contribution in [2.24, 2.45) is 0 Å². The van der Waals surface area contributed by atoms with Gasteiger partial charge in [-0.3, -0.25) is 20.2 Å². The van der Waals surface area contributed by atoms with Crippen LogP contribution >= 0.6 is 12.2 Å². The van der Waals surface area contributed by atoms with Crippen LogP contribution in [0.4, 0.5) is 11.4 Å². The number of benzene rings is 2. The highest BCUT2D eigenvalue weighted by Gasteiger charge is 2.09. The molecule has 0 aliphatic heterocycles. The number of thiocarbonyl (C=S) groups is 1. The minimum Gasteiger partial charge on any atom is -0.494 e. The van der Waals surface area contributed by atoms with E-state index in [4.69, 9.17) is 17.0 Å². The number of anilines is 1. The van der Waals surface area contributed by atoms with Crippen molar-refractivity contribution in [2.75, 3.05) is 11.9 Å². The number of nitrogens with one attached hydrogen (secondary N) is 2. The summed E-state index contributed by atoms with van der Waals surface area (Å²) < 4.78 is 5.46. The molecular formula is C17H17N3O4S. The SMILES string of the molecule is CCCOc1ccc(C(=O)NC(=S)Nc2ccc([N+](=O)[O-])cc2)cc1. The molecule has 0 fully saturated rings. The van der Waals surface area contributed by atoms with Gasteiger partial charge in [0.1, 0.15) is 5.75 Å². The maximum atomic E-state index is 12.1. The Bertz CT molecular complexity index is 760. The van der Waals surface area contributed by atoms with Crippen LogP contribution in [0.3, 0.4) is 0 Å². The van der Waals surface area contributed by atoms with Crippen LogP contribution in [0.1, 0.15) is 23.7 Å². The normalized spacial score (nSPS) is 9.96. The topological polar surface area (TPSA) is 93.5 Å². The third-order valence-corrected chi connectivity index (χ3v) is 3.36. The van der Waals surface area contributed by atoms with Crippen LogP contribution in [-0.2, 0) is 0 Å². The van der Waals surface area contributed by atoms with Crippen LogP contribution in [0.15, 0.2) is 48.5 Å². The van der Waals surface area contributed by atoms with Crippen LogP contribution in [0.25, 0.3) is 0 Å². The van der Waals surface area contributed by atoms with Crippen LogP contribution in [0, 0.1) is 10.1 Å². The average Bonchev–Trinajstić information content (AvgIpc) is 2.60. The van der Waals surface area contributed by atoms with Gasteiger partial charge in [0, 0.05) is 23.4 Å². The standard InChI is InChI=1S/C17H17N3O4S/c1-2-11-24-15-9-3-12(4-10-15)16(21)19-17(25)18-13-5-7-14(8-6-13)20(22)23/h3-10H,2,11H2,1H3,(H2,18,19,21,25). The number of carbonyl (C=O) groups is 1. The summed E-state index contributed by atoms with van der Waals surface area (Å²) in [4.78, 5) is 22.3. The van der Waals surface area contributed by atoms with Crippen LogP contribution in [0.2, 0.25) is 0 Å². The first kappa shape index (κ1) is 18.3. The maximum Gasteiger partial charge on any atom is 0.269 e. The Labute approximate surface area is 150 Å². The van der Waals surface area contributed by atoms with E-state index in [1.807, 2.05) is 6.92 Å². The third-order valence-electron chi connectivity index (χ3n) is 3.15. The maximum absolute atomic E-state index is 12.1. The highest BCUT2D eigenvalue weighted by molar-refractivity contribution is 7.80. The fraction of sp³-hybridized carbons (Fsp3) is 0.176. The van der Waals surface area contributed by atoms with Crippen LogP contribution < -0.4 is 15.4 Å². The molecule has 0 saturated carbocycles. The number of hydrogen-bond donors (Lipinski definition) is 2. The van der Waals surface area contributed by atoms with E-state index in [2.05, 4.69) is 10.6 Å². The molecule has 1 amide bonds. The van der Waals surface area contributed by atoms with E-state index in [9.17, 15) is 14.9 Å². The number of non-ortho nitro benzene ring substituents is 1. The predicted octanol–water partition coefficient (Wildman–Crippen LogP) is 3.51. The molecule has 0 radical (unpaired) electrons. The Morgan fingerprint density at radius 2 is 1.80 bits per heavy atom. The third kappa shape index (κ3) is 5.54. The number of nitro groups is 1. The molecule has 7 nitrogen and oxygen atoms in total. The van der Waals surface area contributed by atoms with Gasteiger partial charge in [-0.25, -0.2) is 0 Å². The molecule has 2 rings (SSSR count). The summed E-state index contributed by atoms with van der Waals surface area (Å²) in [6, 6.07) is 12.5. The molecule has 0 atom stereocenters. The van der Waals surface area contributed by atoms with E-state index in [1.54, 1.807) is 24.3 Å². The molecule has 130 valence electrons. The second-order valence-electron chi connectivity index (χ2n) is 5.09. The van der Waals surface area contributed by atoms with Crippen molar-refractivity contribution >= 4 is 34.6 Å². The van der Waals surface area contributed by atoms with Crippen molar-refractivity contribution in [1.82, 2.24) is 5.32 Å². The summed E-state index contributed by atoms with van der Waals surface area (Å²) in [5, 5.41) is 16.1. The van der Waals surface area contributed by atoms with Crippen molar-refractivity contribution in [1.29, 1.82) is 0 Å². The Hall–Kier alpha value is -3.00. The van der Waals surface area contributed by atoms with Crippen molar-refractivity contribution in [3.8, 4) is 5.75 Å². The van der Waals surface area contributed by atoms with Gasteiger partial charge in [-0.2, -0.15) is 0 Å². The molecule has 0 unspecified atom stereocenters. The molecule has 2 aromatic carbocycles. The molecule has 2 aromatic rings.